The highest BCUT2D eigenvalue weighted by atomic mass is 35.5. The fourth-order valence-electron chi connectivity index (χ4n) is 3.08. The summed E-state index contributed by atoms with van der Waals surface area (Å²) in [6.07, 6.45) is 0. The number of imide groups is 1. The minimum atomic E-state index is -0.671. The maximum Gasteiger partial charge on any atom is 0.346 e. The van der Waals surface area contributed by atoms with Gasteiger partial charge in [0.25, 0.3) is 5.91 Å². The van der Waals surface area contributed by atoms with Crippen LogP contribution in [-0.4, -0.2) is 34.3 Å². The molecule has 0 atom stereocenters. The lowest BCUT2D eigenvalue weighted by Gasteiger charge is -2.17. The highest BCUT2D eigenvalue weighted by molar-refractivity contribution is 6.35. The van der Waals surface area contributed by atoms with E-state index in [9.17, 15) is 14.4 Å². The van der Waals surface area contributed by atoms with Gasteiger partial charge >= 0.3 is 11.9 Å². The molecule has 1 aliphatic heterocycles. The SMILES string of the molecule is Nc1ccc(CN2C(=O)CN(NC(=O)c3ccc(-c4cc(Cl)cc(Cl)c4)o3)C2=O)cc1. The zero-order valence-corrected chi connectivity index (χ0v) is 17.5. The zero-order chi connectivity index (χ0) is 22.1. The first-order chi connectivity index (χ1) is 14.8. The number of hydrazine groups is 1. The Morgan fingerprint density at radius 1 is 1.03 bits per heavy atom. The van der Waals surface area contributed by atoms with Crippen LogP contribution in [0.2, 0.25) is 10.0 Å². The van der Waals surface area contributed by atoms with Crippen molar-refractivity contribution in [1.29, 1.82) is 0 Å². The van der Waals surface area contributed by atoms with Gasteiger partial charge in [0.05, 0.1) is 6.54 Å². The normalized spacial score (nSPS) is 13.7. The van der Waals surface area contributed by atoms with Crippen LogP contribution in [0.3, 0.4) is 0 Å². The summed E-state index contributed by atoms with van der Waals surface area (Å²) in [4.78, 5) is 38.5. The smallest absolute Gasteiger partial charge is 0.346 e. The second kappa shape index (κ2) is 8.33. The van der Waals surface area contributed by atoms with E-state index in [1.54, 1.807) is 48.5 Å². The summed E-state index contributed by atoms with van der Waals surface area (Å²) in [5.74, 6) is -0.766. The minimum absolute atomic E-state index is 0.0386. The van der Waals surface area contributed by atoms with Crippen LogP contribution in [0.5, 0.6) is 0 Å². The van der Waals surface area contributed by atoms with Crippen molar-refractivity contribution in [3.05, 3.63) is 76.0 Å². The first kappa shape index (κ1) is 20.8. The molecular formula is C21H16Cl2N4O4. The summed E-state index contributed by atoms with van der Waals surface area (Å²) in [7, 11) is 0. The minimum Gasteiger partial charge on any atom is -0.451 e. The van der Waals surface area contributed by atoms with Crippen LogP contribution in [0.15, 0.2) is 59.0 Å². The standard InChI is InChI=1S/C21H16Cl2N4O4/c22-14-7-13(8-15(23)9-14)17-5-6-18(31-17)20(29)25-27-11-19(28)26(21(27)30)10-12-1-3-16(24)4-2-12/h1-9H,10-11,24H2,(H,25,29). The molecule has 0 aliphatic carbocycles. The van der Waals surface area contributed by atoms with E-state index >= 15 is 0 Å². The number of carbonyl (C=O) groups excluding carboxylic acids is 3. The molecule has 1 aliphatic rings. The van der Waals surface area contributed by atoms with E-state index in [2.05, 4.69) is 5.43 Å². The maximum atomic E-state index is 12.6. The third-order valence-corrected chi connectivity index (χ3v) is 5.03. The number of hydrogen-bond acceptors (Lipinski definition) is 5. The Balaban J connectivity index is 1.44. The Morgan fingerprint density at radius 2 is 1.71 bits per heavy atom. The molecule has 0 spiro atoms. The van der Waals surface area contributed by atoms with E-state index in [0.717, 1.165) is 15.5 Å². The lowest BCUT2D eigenvalue weighted by molar-refractivity contribution is -0.125. The summed E-state index contributed by atoms with van der Waals surface area (Å²) < 4.78 is 5.57. The lowest BCUT2D eigenvalue weighted by Crippen LogP contribution is -2.44. The van der Waals surface area contributed by atoms with E-state index in [1.807, 2.05) is 0 Å². The molecule has 158 valence electrons. The molecule has 3 aromatic rings. The van der Waals surface area contributed by atoms with Crippen molar-refractivity contribution in [3.63, 3.8) is 0 Å². The largest absolute Gasteiger partial charge is 0.451 e. The predicted molar refractivity (Wildman–Crippen MR) is 115 cm³/mol. The van der Waals surface area contributed by atoms with Crippen LogP contribution in [0.25, 0.3) is 11.3 Å². The van der Waals surface area contributed by atoms with Gasteiger partial charge in [-0.25, -0.2) is 9.80 Å². The third kappa shape index (κ3) is 4.50. The number of urea groups is 1. The summed E-state index contributed by atoms with van der Waals surface area (Å²) in [6.45, 7) is -0.207. The molecule has 0 bridgehead atoms. The van der Waals surface area contributed by atoms with Crippen molar-refractivity contribution in [2.45, 2.75) is 6.54 Å². The Labute approximate surface area is 187 Å². The number of hydrogen-bond donors (Lipinski definition) is 2. The number of amides is 4. The average molecular weight is 459 g/mol. The van der Waals surface area contributed by atoms with Gasteiger partial charge in [-0.05, 0) is 48.0 Å². The highest BCUT2D eigenvalue weighted by Gasteiger charge is 2.37. The van der Waals surface area contributed by atoms with Gasteiger partial charge in [-0.1, -0.05) is 35.3 Å². The van der Waals surface area contributed by atoms with E-state index in [1.165, 1.54) is 6.07 Å². The van der Waals surface area contributed by atoms with Gasteiger partial charge in [-0.3, -0.25) is 19.9 Å². The second-order valence-corrected chi connectivity index (χ2v) is 7.73. The number of anilines is 1. The number of carbonyl (C=O) groups is 3. The van der Waals surface area contributed by atoms with E-state index < -0.39 is 17.8 Å². The summed E-state index contributed by atoms with van der Waals surface area (Å²) in [5.41, 5.74) is 9.96. The topological polar surface area (TPSA) is 109 Å². The monoisotopic (exact) mass is 458 g/mol. The van der Waals surface area contributed by atoms with Gasteiger partial charge in [-0.15, -0.1) is 0 Å². The molecule has 4 rings (SSSR count). The molecule has 8 nitrogen and oxygen atoms in total. The number of nitrogens with one attached hydrogen (secondary N) is 1. The van der Waals surface area contributed by atoms with Gasteiger partial charge < -0.3 is 10.2 Å². The van der Waals surface area contributed by atoms with E-state index in [4.69, 9.17) is 33.4 Å². The van der Waals surface area contributed by atoms with Crippen molar-refractivity contribution >= 4 is 46.7 Å². The van der Waals surface area contributed by atoms with Gasteiger partial charge in [-0.2, -0.15) is 0 Å². The summed E-state index contributed by atoms with van der Waals surface area (Å²) in [5, 5.41) is 1.79. The fourth-order valence-corrected chi connectivity index (χ4v) is 3.60. The molecule has 4 amide bonds. The molecule has 3 N–H and O–H groups in total. The van der Waals surface area contributed by atoms with Crippen molar-refractivity contribution in [2.24, 2.45) is 0 Å². The molecule has 31 heavy (non-hydrogen) atoms. The number of nitrogen functional groups attached to an aromatic ring is 1. The van der Waals surface area contributed by atoms with Gasteiger partial charge in [0, 0.05) is 21.3 Å². The number of furan rings is 1. The summed E-state index contributed by atoms with van der Waals surface area (Å²) >= 11 is 12.0. The van der Waals surface area contributed by atoms with Crippen LogP contribution in [-0.2, 0) is 11.3 Å². The van der Waals surface area contributed by atoms with Gasteiger partial charge in [0.15, 0.2) is 5.76 Å². The average Bonchev–Trinajstić information content (AvgIpc) is 3.30. The second-order valence-electron chi connectivity index (χ2n) is 6.85. The Kier molecular flexibility index (Phi) is 5.58. The lowest BCUT2D eigenvalue weighted by atomic mass is 10.2. The number of benzene rings is 2. The molecule has 0 unspecified atom stereocenters. The molecule has 0 saturated carbocycles. The molecular weight excluding hydrogens is 443 g/mol. The maximum absolute atomic E-state index is 12.6. The predicted octanol–water partition coefficient (Wildman–Crippen LogP) is 3.94. The number of nitrogens with zero attached hydrogens (tertiary/aromatic N) is 2. The van der Waals surface area contributed by atoms with Crippen LogP contribution in [0, 0.1) is 0 Å². The number of rotatable bonds is 5. The Bertz CT molecular complexity index is 1160. The fraction of sp³-hybridized carbons (Fsp3) is 0.0952. The first-order valence-electron chi connectivity index (χ1n) is 9.14. The quantitative estimate of drug-likeness (QED) is 0.444. The zero-order valence-electron chi connectivity index (χ0n) is 16.0. The van der Waals surface area contributed by atoms with Crippen molar-refractivity contribution in [2.75, 3.05) is 12.3 Å². The molecule has 0 radical (unpaired) electrons. The van der Waals surface area contributed by atoms with Crippen molar-refractivity contribution < 1.29 is 18.8 Å². The Hall–Kier alpha value is -3.49. The molecule has 1 saturated heterocycles. The van der Waals surface area contributed by atoms with E-state index in [-0.39, 0.29) is 18.8 Å². The van der Waals surface area contributed by atoms with Crippen LogP contribution >= 0.6 is 23.2 Å². The molecule has 2 heterocycles. The summed E-state index contributed by atoms with van der Waals surface area (Å²) in [6, 6.07) is 14.1. The van der Waals surface area contributed by atoms with Crippen LogP contribution in [0.1, 0.15) is 16.1 Å². The van der Waals surface area contributed by atoms with Crippen LogP contribution in [0.4, 0.5) is 10.5 Å². The number of halogens is 2. The Morgan fingerprint density at radius 3 is 2.39 bits per heavy atom. The highest BCUT2D eigenvalue weighted by Crippen LogP contribution is 2.28. The van der Waals surface area contributed by atoms with Gasteiger partial charge in [0.1, 0.15) is 12.3 Å². The van der Waals surface area contributed by atoms with Gasteiger partial charge in [0.2, 0.25) is 0 Å². The molecule has 1 aromatic heterocycles. The van der Waals surface area contributed by atoms with Crippen LogP contribution < -0.4 is 11.2 Å². The van der Waals surface area contributed by atoms with Crippen molar-refractivity contribution in [3.8, 4) is 11.3 Å². The number of nitrogens with two attached hydrogens (primary N) is 1. The third-order valence-electron chi connectivity index (χ3n) is 4.59. The van der Waals surface area contributed by atoms with E-state index in [0.29, 0.717) is 27.1 Å². The molecule has 10 heteroatoms. The molecule has 1 fully saturated rings. The molecule has 2 aromatic carbocycles. The first-order valence-corrected chi connectivity index (χ1v) is 9.89. The van der Waals surface area contributed by atoms with Crippen molar-refractivity contribution in [1.82, 2.24) is 15.3 Å².